The van der Waals surface area contributed by atoms with Gasteiger partial charge in [-0.05, 0) is 70.4 Å². The van der Waals surface area contributed by atoms with E-state index in [2.05, 4.69) is 15.1 Å². The van der Waals surface area contributed by atoms with Crippen molar-refractivity contribution >= 4 is 5.91 Å². The Labute approximate surface area is 192 Å². The van der Waals surface area contributed by atoms with E-state index in [-0.39, 0.29) is 25.6 Å². The smallest absolute Gasteiger partial charge is 0.258 e. The number of pyridine rings is 1. The highest BCUT2D eigenvalue weighted by Gasteiger charge is 2.16. The van der Waals surface area contributed by atoms with E-state index in [4.69, 9.17) is 19.7 Å². The van der Waals surface area contributed by atoms with Crippen LogP contribution in [0, 0.1) is 20.8 Å². The zero-order chi connectivity index (χ0) is 24.1. The first-order valence-electron chi connectivity index (χ1n) is 10.8. The monoisotopic (exact) mass is 454 g/mol. The third-order valence-corrected chi connectivity index (χ3v) is 4.82. The molecule has 0 bridgehead atoms. The predicted octanol–water partition coefficient (Wildman–Crippen LogP) is 3.52. The van der Waals surface area contributed by atoms with Gasteiger partial charge in [0.25, 0.3) is 5.89 Å². The summed E-state index contributed by atoms with van der Waals surface area (Å²) in [6, 6.07) is 7.44. The Morgan fingerprint density at radius 1 is 1.09 bits per heavy atom. The number of ether oxygens (including phenoxy) is 2. The number of amides is 1. The number of hydrogen-bond donors (Lipinski definition) is 2. The summed E-state index contributed by atoms with van der Waals surface area (Å²) in [5.74, 6) is 1.55. The number of hydrogen-bond acceptors (Lipinski definition) is 8. The number of aryl methyl sites for hydroxylation is 3. The fourth-order valence-corrected chi connectivity index (χ4v) is 3.40. The Bertz CT molecular complexity index is 1100. The summed E-state index contributed by atoms with van der Waals surface area (Å²) in [5.41, 5.74) is 9.16. The molecule has 0 unspecified atom stereocenters. The van der Waals surface area contributed by atoms with Crippen molar-refractivity contribution < 1.29 is 23.9 Å². The van der Waals surface area contributed by atoms with Crippen LogP contribution in [0.3, 0.4) is 0 Å². The molecule has 9 nitrogen and oxygen atoms in total. The van der Waals surface area contributed by atoms with Gasteiger partial charge >= 0.3 is 0 Å². The Morgan fingerprint density at radius 3 is 2.42 bits per heavy atom. The van der Waals surface area contributed by atoms with E-state index in [9.17, 15) is 9.90 Å². The maximum absolute atomic E-state index is 10.9. The van der Waals surface area contributed by atoms with Gasteiger partial charge in [-0.3, -0.25) is 4.79 Å². The van der Waals surface area contributed by atoms with E-state index in [0.29, 0.717) is 23.3 Å². The van der Waals surface area contributed by atoms with Crippen molar-refractivity contribution in [2.45, 2.75) is 59.7 Å². The van der Waals surface area contributed by atoms with Crippen molar-refractivity contribution in [2.24, 2.45) is 5.73 Å². The fraction of sp³-hybridized carbons (Fsp3) is 0.417. The number of primary amides is 1. The predicted molar refractivity (Wildman–Crippen MR) is 123 cm³/mol. The highest BCUT2D eigenvalue weighted by molar-refractivity contribution is 5.73. The molecule has 0 aliphatic rings. The van der Waals surface area contributed by atoms with Crippen LogP contribution in [-0.2, 0) is 4.79 Å². The van der Waals surface area contributed by atoms with Crippen LogP contribution < -0.4 is 15.2 Å². The van der Waals surface area contributed by atoms with Gasteiger partial charge in [-0.25, -0.2) is 4.98 Å². The Hall–Kier alpha value is -3.46. The lowest BCUT2D eigenvalue weighted by Crippen LogP contribution is -2.21. The third kappa shape index (κ3) is 6.52. The second kappa shape index (κ2) is 10.4. The first-order valence-corrected chi connectivity index (χ1v) is 10.8. The van der Waals surface area contributed by atoms with Gasteiger partial charge in [0.05, 0.1) is 12.2 Å². The summed E-state index contributed by atoms with van der Waals surface area (Å²) in [7, 11) is 0. The largest absolute Gasteiger partial charge is 0.490 e. The Morgan fingerprint density at radius 2 is 1.79 bits per heavy atom. The van der Waals surface area contributed by atoms with Gasteiger partial charge in [0.15, 0.2) is 0 Å². The van der Waals surface area contributed by atoms with E-state index < -0.39 is 12.0 Å². The van der Waals surface area contributed by atoms with Crippen LogP contribution in [0.25, 0.3) is 22.8 Å². The molecule has 3 N–H and O–H groups in total. The summed E-state index contributed by atoms with van der Waals surface area (Å²) in [6.07, 6.45) is -0.398. The van der Waals surface area contributed by atoms with E-state index in [1.54, 1.807) is 6.07 Å². The van der Waals surface area contributed by atoms with Gasteiger partial charge in [0, 0.05) is 29.3 Å². The molecule has 176 valence electrons. The molecule has 2 aromatic heterocycles. The highest BCUT2D eigenvalue weighted by atomic mass is 16.5. The summed E-state index contributed by atoms with van der Waals surface area (Å²) < 4.78 is 17.0. The molecule has 0 fully saturated rings. The number of carbonyl (C=O) groups excluding carboxylic acids is 1. The summed E-state index contributed by atoms with van der Waals surface area (Å²) in [6.45, 7) is 9.64. The first-order chi connectivity index (χ1) is 15.6. The molecule has 33 heavy (non-hydrogen) atoms. The quantitative estimate of drug-likeness (QED) is 0.475. The average molecular weight is 455 g/mol. The van der Waals surface area contributed by atoms with Crippen molar-refractivity contribution in [3.8, 4) is 34.5 Å². The number of aromatic nitrogens is 3. The maximum atomic E-state index is 10.9. The lowest BCUT2D eigenvalue weighted by molar-refractivity contribution is -0.118. The van der Waals surface area contributed by atoms with Gasteiger partial charge in [-0.1, -0.05) is 5.16 Å². The maximum Gasteiger partial charge on any atom is 0.258 e. The van der Waals surface area contributed by atoms with Gasteiger partial charge in [-0.2, -0.15) is 4.98 Å². The second-order valence-corrected chi connectivity index (χ2v) is 8.33. The Kier molecular flexibility index (Phi) is 7.65. The minimum atomic E-state index is -0.774. The molecule has 1 atom stereocenters. The minimum absolute atomic E-state index is 0.00125. The third-order valence-electron chi connectivity index (χ3n) is 4.82. The molecular weight excluding hydrogens is 424 g/mol. The van der Waals surface area contributed by atoms with E-state index in [0.717, 1.165) is 27.9 Å². The number of aliphatic hydroxyl groups is 1. The molecule has 1 aromatic carbocycles. The van der Waals surface area contributed by atoms with Crippen molar-refractivity contribution in [3.63, 3.8) is 0 Å². The molecule has 0 saturated heterocycles. The highest BCUT2D eigenvalue weighted by Crippen LogP contribution is 2.31. The van der Waals surface area contributed by atoms with Crippen molar-refractivity contribution in [3.05, 3.63) is 41.1 Å². The van der Waals surface area contributed by atoms with Crippen molar-refractivity contribution in [1.29, 1.82) is 0 Å². The lowest BCUT2D eigenvalue weighted by Gasteiger charge is -2.16. The van der Waals surface area contributed by atoms with Crippen molar-refractivity contribution in [2.75, 3.05) is 6.61 Å². The molecule has 9 heteroatoms. The summed E-state index contributed by atoms with van der Waals surface area (Å²) in [4.78, 5) is 19.8. The average Bonchev–Trinajstić information content (AvgIpc) is 3.21. The van der Waals surface area contributed by atoms with Gasteiger partial charge in [-0.15, -0.1) is 0 Å². The molecule has 0 aliphatic heterocycles. The zero-order valence-electron chi connectivity index (χ0n) is 19.6. The van der Waals surface area contributed by atoms with Crippen LogP contribution in [0.15, 0.2) is 28.8 Å². The Balaban J connectivity index is 1.78. The first kappa shape index (κ1) is 24.2. The summed E-state index contributed by atoms with van der Waals surface area (Å²) in [5, 5.41) is 14.1. The molecule has 0 radical (unpaired) electrons. The lowest BCUT2D eigenvalue weighted by atomic mass is 10.1. The number of benzene rings is 1. The molecule has 1 amide bonds. The SMILES string of the molecule is Cc1cc(-c2nc(-c3cc(C)c(OC[C@H](O)CCC(N)=O)c(C)c3)no2)cc(OC(C)C)n1. The molecule has 0 spiro atoms. The molecule has 3 rings (SSSR count). The van der Waals surface area contributed by atoms with Crippen LogP contribution in [0.2, 0.25) is 0 Å². The number of aliphatic hydroxyl groups excluding tert-OH is 1. The van der Waals surface area contributed by atoms with Gasteiger partial charge in [0.1, 0.15) is 12.4 Å². The summed E-state index contributed by atoms with van der Waals surface area (Å²) >= 11 is 0. The standard InChI is InChI=1S/C24H30N4O5/c1-13(2)32-21-11-18(10-16(5)26-21)24-27-23(28-33-24)17-8-14(3)22(15(4)9-17)31-12-19(29)6-7-20(25)30/h8-11,13,19,29H,6-7,12H2,1-5H3,(H2,25,30)/t19-/m1/s1. The second-order valence-electron chi connectivity index (χ2n) is 8.33. The number of carbonyl (C=O) groups is 1. The molecule has 0 saturated carbocycles. The molecule has 3 aromatic rings. The van der Waals surface area contributed by atoms with Gasteiger partial charge < -0.3 is 24.8 Å². The van der Waals surface area contributed by atoms with Crippen LogP contribution in [-0.4, -0.2) is 45.0 Å². The van der Waals surface area contributed by atoms with Crippen molar-refractivity contribution in [1.82, 2.24) is 15.1 Å². The van der Waals surface area contributed by atoms with Crippen LogP contribution in [0.4, 0.5) is 0 Å². The number of nitrogens with zero attached hydrogens (tertiary/aromatic N) is 3. The van der Waals surface area contributed by atoms with Crippen LogP contribution in [0.5, 0.6) is 11.6 Å². The van der Waals surface area contributed by atoms with Crippen LogP contribution in [0.1, 0.15) is 43.5 Å². The molecule has 0 aliphatic carbocycles. The van der Waals surface area contributed by atoms with E-state index >= 15 is 0 Å². The molecular formula is C24H30N4O5. The number of rotatable bonds is 10. The van der Waals surface area contributed by atoms with E-state index in [1.807, 2.05) is 52.8 Å². The topological polar surface area (TPSA) is 134 Å². The van der Waals surface area contributed by atoms with Gasteiger partial charge in [0.2, 0.25) is 17.6 Å². The fourth-order valence-electron chi connectivity index (χ4n) is 3.40. The molecule has 2 heterocycles. The minimum Gasteiger partial charge on any atom is -0.490 e. The number of nitrogens with two attached hydrogens (primary N) is 1. The normalized spacial score (nSPS) is 12.1. The van der Waals surface area contributed by atoms with E-state index in [1.165, 1.54) is 0 Å². The zero-order valence-corrected chi connectivity index (χ0v) is 19.6. The van der Waals surface area contributed by atoms with Crippen LogP contribution >= 0.6 is 0 Å².